The van der Waals surface area contributed by atoms with Crippen LogP contribution in [-0.2, 0) is 0 Å². The number of aliphatic hydroxyl groups excluding tert-OH is 2. The maximum Gasteiger partial charge on any atom is 0.0628 e. The summed E-state index contributed by atoms with van der Waals surface area (Å²) in [5.41, 5.74) is 3.14. The lowest BCUT2D eigenvalue weighted by Gasteiger charge is -2.73. The van der Waals surface area contributed by atoms with Crippen molar-refractivity contribution < 1.29 is 10.2 Å². The van der Waals surface area contributed by atoms with E-state index < -0.39 is 0 Å². The molecule has 0 amide bonds. The third-order valence-electron chi connectivity index (χ3n) is 13.3. The van der Waals surface area contributed by atoms with Crippen molar-refractivity contribution in [3.8, 4) is 0 Å². The first-order valence-corrected chi connectivity index (χ1v) is 13.8. The van der Waals surface area contributed by atoms with Crippen molar-refractivity contribution in [2.24, 2.45) is 50.2 Å². The second-order valence-electron chi connectivity index (χ2n) is 15.0. The summed E-state index contributed by atoms with van der Waals surface area (Å²) < 4.78 is 0. The van der Waals surface area contributed by atoms with Gasteiger partial charge in [0.05, 0.1) is 6.10 Å². The lowest BCUT2D eigenvalue weighted by atomic mass is 9.31. The lowest BCUT2D eigenvalue weighted by molar-refractivity contribution is -0.233. The highest BCUT2D eigenvalue weighted by Crippen LogP contribution is 2.77. The normalized spacial score (nSPS) is 56.8. The molecule has 4 fully saturated rings. The molecule has 2 nitrogen and oxygen atoms in total. The van der Waals surface area contributed by atoms with Crippen molar-refractivity contribution >= 4 is 0 Å². The summed E-state index contributed by atoms with van der Waals surface area (Å²) in [7, 11) is 0. The van der Waals surface area contributed by atoms with Crippen molar-refractivity contribution in [2.45, 2.75) is 119 Å². The van der Waals surface area contributed by atoms with Gasteiger partial charge in [0.2, 0.25) is 0 Å². The SMILES string of the molecule is CC1(C)C2=CC[C@H]3[C@@](C)(CC[C@@]4(C)[C@@H]5C[C@](C)(CO)CC[C@]5(C)CC[C@]34C)[C@H]2CC[C@@H]1O. The van der Waals surface area contributed by atoms with E-state index in [2.05, 4.69) is 54.5 Å². The number of fused-ring (bicyclic) bond motifs is 7. The van der Waals surface area contributed by atoms with Crippen LogP contribution in [0.5, 0.6) is 0 Å². The van der Waals surface area contributed by atoms with Gasteiger partial charge in [0.15, 0.2) is 0 Å². The average Bonchev–Trinajstić information content (AvgIpc) is 2.74. The zero-order valence-electron chi connectivity index (χ0n) is 22.1. The van der Waals surface area contributed by atoms with Gasteiger partial charge in [-0.3, -0.25) is 0 Å². The lowest BCUT2D eigenvalue weighted by Crippen LogP contribution is -2.66. The molecule has 0 unspecified atom stereocenters. The molecule has 9 atom stereocenters. The van der Waals surface area contributed by atoms with Crippen LogP contribution in [0.2, 0.25) is 0 Å². The quantitative estimate of drug-likeness (QED) is 0.424. The molecule has 0 radical (unpaired) electrons. The fraction of sp³-hybridized carbons (Fsp3) is 0.933. The van der Waals surface area contributed by atoms with E-state index in [1.165, 1.54) is 57.8 Å². The Bertz CT molecular complexity index is 814. The Labute approximate surface area is 197 Å². The van der Waals surface area contributed by atoms with E-state index in [-0.39, 0.29) is 16.9 Å². The molecular formula is C30H50O2. The molecule has 32 heavy (non-hydrogen) atoms. The minimum Gasteiger partial charge on any atom is -0.396 e. The van der Waals surface area contributed by atoms with E-state index in [9.17, 15) is 10.2 Å². The molecule has 0 aliphatic heterocycles. The fourth-order valence-electron chi connectivity index (χ4n) is 10.5. The first-order chi connectivity index (χ1) is 14.8. The van der Waals surface area contributed by atoms with E-state index in [1.54, 1.807) is 5.57 Å². The van der Waals surface area contributed by atoms with Gasteiger partial charge in [-0.05, 0) is 109 Å². The summed E-state index contributed by atoms with van der Waals surface area (Å²) in [5.74, 6) is 2.10. The van der Waals surface area contributed by atoms with Crippen molar-refractivity contribution in [2.75, 3.05) is 6.61 Å². The van der Waals surface area contributed by atoms with Crippen molar-refractivity contribution in [1.29, 1.82) is 0 Å². The Balaban J connectivity index is 1.56. The Hall–Kier alpha value is -0.340. The Morgan fingerprint density at radius 2 is 1.44 bits per heavy atom. The predicted octanol–water partition coefficient (Wildman–Crippen LogP) is 7.14. The zero-order chi connectivity index (χ0) is 23.4. The third-order valence-corrected chi connectivity index (χ3v) is 13.3. The molecule has 5 rings (SSSR count). The number of hydrogen-bond donors (Lipinski definition) is 2. The number of rotatable bonds is 1. The molecule has 0 saturated heterocycles. The van der Waals surface area contributed by atoms with Crippen molar-refractivity contribution in [1.82, 2.24) is 0 Å². The number of allylic oxidation sites excluding steroid dienone is 1. The number of hydrogen-bond acceptors (Lipinski definition) is 2. The average molecular weight is 443 g/mol. The Kier molecular flexibility index (Phi) is 5.02. The molecule has 2 heteroatoms. The van der Waals surface area contributed by atoms with Crippen LogP contribution >= 0.6 is 0 Å². The van der Waals surface area contributed by atoms with Gasteiger partial charge in [-0.15, -0.1) is 0 Å². The van der Waals surface area contributed by atoms with Gasteiger partial charge in [0.1, 0.15) is 0 Å². The van der Waals surface area contributed by atoms with Gasteiger partial charge in [0, 0.05) is 12.0 Å². The van der Waals surface area contributed by atoms with Gasteiger partial charge in [-0.2, -0.15) is 0 Å². The molecule has 5 aliphatic carbocycles. The van der Waals surface area contributed by atoms with Crippen molar-refractivity contribution in [3.63, 3.8) is 0 Å². The van der Waals surface area contributed by atoms with E-state index in [0.29, 0.717) is 34.2 Å². The van der Waals surface area contributed by atoms with Crippen LogP contribution in [0.1, 0.15) is 113 Å². The summed E-state index contributed by atoms with van der Waals surface area (Å²) in [6.07, 6.45) is 14.8. The van der Waals surface area contributed by atoms with Crippen LogP contribution in [0.4, 0.5) is 0 Å². The Morgan fingerprint density at radius 3 is 2.12 bits per heavy atom. The topological polar surface area (TPSA) is 40.5 Å². The van der Waals surface area contributed by atoms with Crippen molar-refractivity contribution in [3.05, 3.63) is 11.6 Å². The monoisotopic (exact) mass is 442 g/mol. The number of aliphatic hydroxyl groups is 2. The van der Waals surface area contributed by atoms with Gasteiger partial charge in [0.25, 0.3) is 0 Å². The molecule has 182 valence electrons. The van der Waals surface area contributed by atoms with E-state index in [1.807, 2.05) is 0 Å². The molecule has 2 N–H and O–H groups in total. The summed E-state index contributed by atoms with van der Waals surface area (Å²) in [6.45, 7) is 17.9. The maximum atomic E-state index is 10.8. The van der Waals surface area contributed by atoms with Crippen LogP contribution < -0.4 is 0 Å². The highest BCUT2D eigenvalue weighted by molar-refractivity contribution is 5.30. The van der Waals surface area contributed by atoms with Crippen LogP contribution in [0.15, 0.2) is 11.6 Å². The third kappa shape index (κ3) is 2.78. The maximum absolute atomic E-state index is 10.8. The van der Waals surface area contributed by atoms with Gasteiger partial charge >= 0.3 is 0 Å². The summed E-state index contributed by atoms with van der Waals surface area (Å²) in [5, 5.41) is 21.1. The standard InChI is InChI=1S/C30H50O2/c1-25(2)20-8-10-22-28(5,21(20)9-11-24(25)32)15-17-30(7)23-18-26(3,19-31)12-13-27(23,4)14-16-29(22,30)6/h8,21-24,31-32H,9-19H2,1-7H3/t21-,22-,23+,24-,26+,27+,28-,29+,30-/m0/s1. The predicted molar refractivity (Wildman–Crippen MR) is 132 cm³/mol. The van der Waals surface area contributed by atoms with Crippen LogP contribution in [0.25, 0.3) is 0 Å². The van der Waals surface area contributed by atoms with Crippen LogP contribution in [-0.4, -0.2) is 22.9 Å². The minimum absolute atomic E-state index is 0.0734. The molecule has 0 spiro atoms. The second-order valence-corrected chi connectivity index (χ2v) is 15.0. The van der Waals surface area contributed by atoms with E-state index >= 15 is 0 Å². The largest absolute Gasteiger partial charge is 0.396 e. The zero-order valence-corrected chi connectivity index (χ0v) is 22.1. The highest BCUT2D eigenvalue weighted by atomic mass is 16.3. The van der Waals surface area contributed by atoms with E-state index in [4.69, 9.17) is 0 Å². The van der Waals surface area contributed by atoms with E-state index in [0.717, 1.165) is 18.3 Å². The van der Waals surface area contributed by atoms with Gasteiger partial charge in [-0.25, -0.2) is 0 Å². The minimum atomic E-state index is -0.191. The smallest absolute Gasteiger partial charge is 0.0628 e. The van der Waals surface area contributed by atoms with Gasteiger partial charge in [-0.1, -0.05) is 60.1 Å². The molecular weight excluding hydrogens is 392 g/mol. The first-order valence-electron chi connectivity index (χ1n) is 13.8. The molecule has 0 aromatic rings. The first kappa shape index (κ1) is 23.4. The molecule has 0 bridgehead atoms. The molecule has 0 aromatic heterocycles. The molecule has 0 heterocycles. The van der Waals surface area contributed by atoms with Crippen LogP contribution in [0.3, 0.4) is 0 Å². The van der Waals surface area contributed by atoms with Gasteiger partial charge < -0.3 is 10.2 Å². The molecule has 4 saturated carbocycles. The second kappa shape index (κ2) is 6.87. The van der Waals surface area contributed by atoms with Crippen LogP contribution in [0, 0.1) is 50.2 Å². The molecule has 0 aromatic carbocycles. The summed E-state index contributed by atoms with van der Waals surface area (Å²) >= 11 is 0. The fourth-order valence-corrected chi connectivity index (χ4v) is 10.5. The summed E-state index contributed by atoms with van der Waals surface area (Å²) in [4.78, 5) is 0. The highest BCUT2D eigenvalue weighted by Gasteiger charge is 2.69. The molecule has 5 aliphatic rings. The Morgan fingerprint density at radius 1 is 0.812 bits per heavy atom. The summed E-state index contributed by atoms with van der Waals surface area (Å²) in [6, 6.07) is 0.